The Labute approximate surface area is 324 Å². The van der Waals surface area contributed by atoms with Gasteiger partial charge in [0.15, 0.2) is 5.82 Å². The molecule has 2 nitrogen and oxygen atoms in total. The number of hydrogen-bond donors (Lipinski definition) is 0. The van der Waals surface area contributed by atoms with Gasteiger partial charge in [0.1, 0.15) is 0 Å². The van der Waals surface area contributed by atoms with E-state index in [0.717, 1.165) is 50.3 Å². The molecule has 258 valence electrons. The molecule has 0 bridgehead atoms. The molecule has 55 heavy (non-hydrogen) atoms. The van der Waals surface area contributed by atoms with Crippen molar-refractivity contribution in [2.24, 2.45) is 0 Å². The van der Waals surface area contributed by atoms with Crippen LogP contribution in [0.3, 0.4) is 0 Å². The lowest BCUT2D eigenvalue weighted by Gasteiger charge is -2.14. The second-order valence-electron chi connectivity index (χ2n) is 13.8. The zero-order valence-electron chi connectivity index (χ0n) is 29.9. The van der Waals surface area contributed by atoms with Crippen LogP contribution in [0.2, 0.25) is 0 Å². The van der Waals surface area contributed by atoms with Crippen molar-refractivity contribution in [1.82, 2.24) is 9.97 Å². The largest absolute Gasteiger partial charge is 0.228 e. The van der Waals surface area contributed by atoms with Gasteiger partial charge in [0.05, 0.1) is 11.4 Å². The third-order valence-corrected chi connectivity index (χ3v) is 11.5. The molecule has 2 heterocycles. The third kappa shape index (κ3) is 6.41. The van der Waals surface area contributed by atoms with Crippen LogP contribution in [0.4, 0.5) is 0 Å². The van der Waals surface area contributed by atoms with Crippen molar-refractivity contribution in [3.05, 3.63) is 206 Å². The van der Waals surface area contributed by atoms with Crippen molar-refractivity contribution >= 4 is 31.5 Å². The maximum absolute atomic E-state index is 5.33. The molecule has 0 aliphatic rings. The fraction of sp³-hybridized carbons (Fsp3) is 0. The van der Waals surface area contributed by atoms with Gasteiger partial charge < -0.3 is 0 Å². The molecular weight excluding hydrogens is 685 g/mol. The van der Waals surface area contributed by atoms with Gasteiger partial charge in [0, 0.05) is 36.9 Å². The molecule has 0 amide bonds. The van der Waals surface area contributed by atoms with E-state index in [0.29, 0.717) is 5.82 Å². The third-order valence-electron chi connectivity index (χ3n) is 10.3. The van der Waals surface area contributed by atoms with Gasteiger partial charge in [-0.15, -0.1) is 11.3 Å². The first-order chi connectivity index (χ1) is 27.2. The lowest BCUT2D eigenvalue weighted by atomic mass is 9.92. The van der Waals surface area contributed by atoms with Crippen LogP contribution in [0.5, 0.6) is 0 Å². The predicted octanol–water partition coefficient (Wildman–Crippen LogP) is 14.5. The first kappa shape index (κ1) is 32.7. The van der Waals surface area contributed by atoms with Gasteiger partial charge >= 0.3 is 0 Å². The molecule has 0 aliphatic heterocycles. The molecule has 0 saturated heterocycles. The summed E-state index contributed by atoms with van der Waals surface area (Å²) in [6, 6.07) is 73.4. The van der Waals surface area contributed by atoms with Gasteiger partial charge in [0.2, 0.25) is 0 Å². The number of fused-ring (bicyclic) bond motifs is 3. The zero-order chi connectivity index (χ0) is 36.6. The van der Waals surface area contributed by atoms with Crippen LogP contribution in [-0.4, -0.2) is 9.97 Å². The smallest absolute Gasteiger partial charge is 0.160 e. The topological polar surface area (TPSA) is 25.8 Å². The Morgan fingerprint density at radius 1 is 0.291 bits per heavy atom. The fourth-order valence-electron chi connectivity index (χ4n) is 7.50. The maximum Gasteiger partial charge on any atom is 0.160 e. The predicted molar refractivity (Wildman–Crippen MR) is 233 cm³/mol. The lowest BCUT2D eigenvalue weighted by molar-refractivity contribution is 1.18. The molecule has 0 spiro atoms. The quantitative estimate of drug-likeness (QED) is 0.164. The van der Waals surface area contributed by atoms with Crippen LogP contribution in [-0.2, 0) is 0 Å². The van der Waals surface area contributed by atoms with Gasteiger partial charge in [-0.25, -0.2) is 9.97 Å². The van der Waals surface area contributed by atoms with Crippen molar-refractivity contribution in [2.45, 2.75) is 0 Å². The van der Waals surface area contributed by atoms with Gasteiger partial charge in [-0.3, -0.25) is 0 Å². The number of rotatable bonds is 7. The normalized spacial score (nSPS) is 11.3. The summed E-state index contributed by atoms with van der Waals surface area (Å²) in [6.45, 7) is 0. The minimum absolute atomic E-state index is 0.695. The molecule has 0 fully saturated rings. The van der Waals surface area contributed by atoms with E-state index in [1.54, 1.807) is 0 Å². The van der Waals surface area contributed by atoms with E-state index in [-0.39, 0.29) is 0 Å². The van der Waals surface area contributed by atoms with Crippen molar-refractivity contribution in [3.8, 4) is 78.4 Å². The van der Waals surface area contributed by atoms with Crippen LogP contribution in [0.25, 0.3) is 98.6 Å². The molecule has 0 atom stereocenters. The van der Waals surface area contributed by atoms with Crippen LogP contribution >= 0.6 is 11.3 Å². The summed E-state index contributed by atoms with van der Waals surface area (Å²) < 4.78 is 2.58. The summed E-state index contributed by atoms with van der Waals surface area (Å²) in [4.78, 5) is 10.5. The maximum atomic E-state index is 5.33. The molecule has 8 aromatic carbocycles. The van der Waals surface area contributed by atoms with E-state index in [1.807, 2.05) is 23.5 Å². The van der Waals surface area contributed by atoms with Crippen LogP contribution < -0.4 is 0 Å². The number of hydrogen-bond acceptors (Lipinski definition) is 3. The van der Waals surface area contributed by atoms with E-state index in [2.05, 4.69) is 194 Å². The van der Waals surface area contributed by atoms with E-state index >= 15 is 0 Å². The van der Waals surface area contributed by atoms with Crippen LogP contribution in [0, 0.1) is 0 Å². The Kier molecular flexibility index (Phi) is 8.40. The number of thiophene rings is 1. The highest BCUT2D eigenvalue weighted by atomic mass is 32.1. The van der Waals surface area contributed by atoms with Gasteiger partial charge in [-0.05, 0) is 80.9 Å². The molecule has 0 radical (unpaired) electrons. The standard InChI is InChI=1S/C52H34N2S/c1-4-14-35(15-5-1)37-26-28-39(29-27-37)52-53-48(38-18-8-3-9-19-38)34-49(54-52)44-32-42(41-21-12-20-40(30-41)36-16-6-2-7-17-36)31-43(33-44)45-23-13-24-47-46-22-10-11-25-50(46)55-51(45)47/h1-34H. The molecule has 10 rings (SSSR count). The molecule has 0 N–H and O–H groups in total. The van der Waals surface area contributed by atoms with E-state index in [1.165, 1.54) is 42.4 Å². The summed E-state index contributed by atoms with van der Waals surface area (Å²) >= 11 is 1.86. The van der Waals surface area contributed by atoms with Crippen molar-refractivity contribution in [3.63, 3.8) is 0 Å². The molecule has 0 aliphatic carbocycles. The van der Waals surface area contributed by atoms with E-state index in [9.17, 15) is 0 Å². The highest BCUT2D eigenvalue weighted by molar-refractivity contribution is 7.26. The first-order valence-electron chi connectivity index (χ1n) is 18.6. The van der Waals surface area contributed by atoms with Gasteiger partial charge in [-0.1, -0.05) is 170 Å². The lowest BCUT2D eigenvalue weighted by Crippen LogP contribution is -1.97. The summed E-state index contributed by atoms with van der Waals surface area (Å²) in [5.41, 5.74) is 14.2. The SMILES string of the molecule is c1ccc(-c2ccc(-c3nc(-c4ccccc4)cc(-c4cc(-c5cccc(-c6ccccc6)c5)cc(-c5cccc6c5sc5ccccc56)c4)n3)cc2)cc1. The molecule has 0 unspecified atom stereocenters. The average molecular weight is 719 g/mol. The monoisotopic (exact) mass is 718 g/mol. The van der Waals surface area contributed by atoms with Crippen LogP contribution in [0.15, 0.2) is 206 Å². The summed E-state index contributed by atoms with van der Waals surface area (Å²) in [7, 11) is 0. The minimum Gasteiger partial charge on any atom is -0.228 e. The second-order valence-corrected chi connectivity index (χ2v) is 14.8. The van der Waals surface area contributed by atoms with Crippen molar-refractivity contribution < 1.29 is 0 Å². The van der Waals surface area contributed by atoms with E-state index in [4.69, 9.17) is 9.97 Å². The number of nitrogens with zero attached hydrogens (tertiary/aromatic N) is 2. The summed E-state index contributed by atoms with van der Waals surface area (Å²) in [5, 5.41) is 2.58. The summed E-state index contributed by atoms with van der Waals surface area (Å²) in [5.74, 6) is 0.695. The number of aromatic nitrogens is 2. The highest BCUT2D eigenvalue weighted by Gasteiger charge is 2.16. The van der Waals surface area contributed by atoms with Crippen molar-refractivity contribution in [1.29, 1.82) is 0 Å². The van der Waals surface area contributed by atoms with Crippen LogP contribution in [0.1, 0.15) is 0 Å². The zero-order valence-corrected chi connectivity index (χ0v) is 30.7. The first-order valence-corrected chi connectivity index (χ1v) is 19.4. The Balaban J connectivity index is 1.18. The van der Waals surface area contributed by atoms with Gasteiger partial charge in [0.25, 0.3) is 0 Å². The Bertz CT molecular complexity index is 2950. The molecule has 2 aromatic heterocycles. The Hall–Kier alpha value is -6.94. The molecular formula is C52H34N2S. The molecule has 0 saturated carbocycles. The highest BCUT2D eigenvalue weighted by Crippen LogP contribution is 2.42. The number of benzene rings is 8. The van der Waals surface area contributed by atoms with Crippen molar-refractivity contribution in [2.75, 3.05) is 0 Å². The molecule has 10 aromatic rings. The minimum atomic E-state index is 0.695. The van der Waals surface area contributed by atoms with E-state index < -0.39 is 0 Å². The van der Waals surface area contributed by atoms with Gasteiger partial charge in [-0.2, -0.15) is 0 Å². The average Bonchev–Trinajstić information content (AvgIpc) is 3.66. The second kappa shape index (κ2) is 14.1. The fourth-order valence-corrected chi connectivity index (χ4v) is 8.74. The molecule has 3 heteroatoms. The Morgan fingerprint density at radius 3 is 1.49 bits per heavy atom. The summed E-state index contributed by atoms with van der Waals surface area (Å²) in [6.07, 6.45) is 0. The Morgan fingerprint density at radius 2 is 0.764 bits per heavy atom.